The number of ketones is 1. The van der Waals surface area contributed by atoms with E-state index in [0.717, 1.165) is 6.07 Å². The summed E-state index contributed by atoms with van der Waals surface area (Å²) in [6.07, 6.45) is 0. The van der Waals surface area contributed by atoms with E-state index < -0.39 is 11.3 Å². The number of hydrogen-bond donors (Lipinski definition) is 2. The second-order valence-corrected chi connectivity index (χ2v) is 3.49. The fourth-order valence-electron chi connectivity index (χ4n) is 1.17. The minimum atomic E-state index is -1.23. The highest BCUT2D eigenvalue weighted by Crippen LogP contribution is 2.27. The minimum absolute atomic E-state index is 0.162. The Kier molecular flexibility index (Phi) is 3.31. The largest absolute Gasteiger partial charge is 0.508 e. The Labute approximate surface area is 91.1 Å². The number of benzene rings is 1. The van der Waals surface area contributed by atoms with Gasteiger partial charge in [-0.25, -0.2) is 4.79 Å². The molecule has 0 bridgehead atoms. The first-order chi connectivity index (χ1) is 6.93. The van der Waals surface area contributed by atoms with E-state index in [1.807, 2.05) is 0 Å². The van der Waals surface area contributed by atoms with Crippen LogP contribution in [0.1, 0.15) is 28.2 Å². The summed E-state index contributed by atoms with van der Waals surface area (Å²) in [6.45, 7) is 1.27. The molecule has 0 saturated carbocycles. The molecule has 0 saturated heterocycles. The van der Waals surface area contributed by atoms with Crippen LogP contribution < -0.4 is 0 Å². The molecule has 1 aromatic carbocycles. The van der Waals surface area contributed by atoms with Gasteiger partial charge in [0.15, 0.2) is 5.78 Å². The van der Waals surface area contributed by atoms with Crippen molar-refractivity contribution in [2.24, 2.45) is 0 Å². The molecule has 1 rings (SSSR count). The molecule has 0 aromatic heterocycles. The third-order valence-electron chi connectivity index (χ3n) is 1.90. The zero-order chi connectivity index (χ0) is 11.6. The average molecular weight is 229 g/mol. The van der Waals surface area contributed by atoms with Gasteiger partial charge in [-0.15, -0.1) is 11.6 Å². The number of aromatic carboxylic acids is 1. The van der Waals surface area contributed by atoms with Gasteiger partial charge in [0.05, 0.1) is 5.56 Å². The van der Waals surface area contributed by atoms with Crippen LogP contribution in [0.5, 0.6) is 5.75 Å². The number of alkyl halides is 1. The summed E-state index contributed by atoms with van der Waals surface area (Å²) in [5.74, 6) is -1.75. The van der Waals surface area contributed by atoms with Crippen molar-refractivity contribution in [3.63, 3.8) is 0 Å². The van der Waals surface area contributed by atoms with E-state index in [4.69, 9.17) is 21.8 Å². The standard InChI is InChI=1S/C10H9ClO4/c1-5(12)9(11)7-3-2-6(13)4-8(7)10(14)15/h2-4,9,13H,1H3,(H,14,15). The van der Waals surface area contributed by atoms with Gasteiger partial charge < -0.3 is 10.2 Å². The molecule has 1 atom stereocenters. The first kappa shape index (κ1) is 11.5. The average Bonchev–Trinajstić information content (AvgIpc) is 2.16. The van der Waals surface area contributed by atoms with E-state index in [-0.39, 0.29) is 22.7 Å². The van der Waals surface area contributed by atoms with Crippen LogP contribution in [-0.4, -0.2) is 22.0 Å². The number of aromatic hydroxyl groups is 1. The molecule has 2 N–H and O–H groups in total. The number of carboxylic acid groups (broad SMARTS) is 1. The number of hydrogen-bond acceptors (Lipinski definition) is 3. The van der Waals surface area contributed by atoms with Crippen LogP contribution in [0.2, 0.25) is 0 Å². The second kappa shape index (κ2) is 4.31. The number of carbonyl (C=O) groups is 2. The highest BCUT2D eigenvalue weighted by molar-refractivity contribution is 6.31. The monoisotopic (exact) mass is 228 g/mol. The summed E-state index contributed by atoms with van der Waals surface area (Å²) < 4.78 is 0. The Morgan fingerprint density at radius 3 is 2.47 bits per heavy atom. The lowest BCUT2D eigenvalue weighted by Crippen LogP contribution is -2.08. The number of carbonyl (C=O) groups excluding carboxylic acids is 1. The van der Waals surface area contributed by atoms with Crippen LogP contribution in [0.15, 0.2) is 18.2 Å². The maximum atomic E-state index is 11.0. The summed E-state index contributed by atoms with van der Waals surface area (Å²) in [5.41, 5.74) is 0.0275. The van der Waals surface area contributed by atoms with Gasteiger partial charge in [-0.1, -0.05) is 6.07 Å². The van der Waals surface area contributed by atoms with Crippen molar-refractivity contribution >= 4 is 23.4 Å². The molecule has 15 heavy (non-hydrogen) atoms. The van der Waals surface area contributed by atoms with Gasteiger partial charge in [0.1, 0.15) is 11.1 Å². The minimum Gasteiger partial charge on any atom is -0.508 e. The fraction of sp³-hybridized carbons (Fsp3) is 0.200. The summed E-state index contributed by atoms with van der Waals surface area (Å²) in [4.78, 5) is 21.8. The molecule has 0 heterocycles. The maximum absolute atomic E-state index is 11.0. The molecule has 80 valence electrons. The van der Waals surface area contributed by atoms with Crippen molar-refractivity contribution < 1.29 is 19.8 Å². The Morgan fingerprint density at radius 2 is 2.00 bits per heavy atom. The van der Waals surface area contributed by atoms with E-state index in [9.17, 15) is 9.59 Å². The Morgan fingerprint density at radius 1 is 1.40 bits per heavy atom. The van der Waals surface area contributed by atoms with Crippen LogP contribution in [0.25, 0.3) is 0 Å². The molecular weight excluding hydrogens is 220 g/mol. The highest BCUT2D eigenvalue weighted by Gasteiger charge is 2.20. The molecule has 0 aliphatic carbocycles. The quantitative estimate of drug-likeness (QED) is 0.776. The molecule has 0 amide bonds. The Hall–Kier alpha value is -1.55. The van der Waals surface area contributed by atoms with E-state index >= 15 is 0 Å². The third-order valence-corrected chi connectivity index (χ3v) is 2.44. The topological polar surface area (TPSA) is 74.6 Å². The lowest BCUT2D eigenvalue weighted by Gasteiger charge is -2.09. The second-order valence-electron chi connectivity index (χ2n) is 3.05. The number of phenolic OH excluding ortho intramolecular Hbond substituents is 1. The fourth-order valence-corrected chi connectivity index (χ4v) is 1.36. The first-order valence-corrected chi connectivity index (χ1v) is 4.58. The normalized spacial score (nSPS) is 12.1. The van der Waals surface area contributed by atoms with E-state index in [1.165, 1.54) is 19.1 Å². The lowest BCUT2D eigenvalue weighted by atomic mass is 10.0. The molecule has 5 heteroatoms. The van der Waals surface area contributed by atoms with Crippen molar-refractivity contribution in [3.8, 4) is 5.75 Å². The van der Waals surface area contributed by atoms with E-state index in [1.54, 1.807) is 0 Å². The number of rotatable bonds is 3. The molecule has 1 unspecified atom stereocenters. The van der Waals surface area contributed by atoms with Crippen LogP contribution >= 0.6 is 11.6 Å². The third kappa shape index (κ3) is 2.47. The van der Waals surface area contributed by atoms with Crippen LogP contribution in [0.4, 0.5) is 0 Å². The lowest BCUT2D eigenvalue weighted by molar-refractivity contribution is -0.116. The molecule has 4 nitrogen and oxygen atoms in total. The van der Waals surface area contributed by atoms with Crippen molar-refractivity contribution in [1.29, 1.82) is 0 Å². The molecular formula is C10H9ClO4. The number of phenols is 1. The van der Waals surface area contributed by atoms with Crippen molar-refractivity contribution in [2.45, 2.75) is 12.3 Å². The van der Waals surface area contributed by atoms with Crippen molar-refractivity contribution in [3.05, 3.63) is 29.3 Å². The SMILES string of the molecule is CC(=O)C(Cl)c1ccc(O)cc1C(=O)O. The maximum Gasteiger partial charge on any atom is 0.336 e. The molecule has 0 fully saturated rings. The summed E-state index contributed by atoms with van der Waals surface area (Å²) in [7, 11) is 0. The Bertz CT molecular complexity index is 414. The highest BCUT2D eigenvalue weighted by atomic mass is 35.5. The summed E-state index contributed by atoms with van der Waals surface area (Å²) >= 11 is 5.75. The zero-order valence-corrected chi connectivity index (χ0v) is 8.65. The van der Waals surface area contributed by atoms with E-state index in [0.29, 0.717) is 0 Å². The molecule has 0 aliphatic rings. The van der Waals surface area contributed by atoms with Crippen molar-refractivity contribution in [2.75, 3.05) is 0 Å². The van der Waals surface area contributed by atoms with Gasteiger partial charge in [-0.05, 0) is 24.6 Å². The van der Waals surface area contributed by atoms with Crippen molar-refractivity contribution in [1.82, 2.24) is 0 Å². The number of Topliss-reactive ketones (excluding diaryl/α,β-unsaturated/α-hetero) is 1. The smallest absolute Gasteiger partial charge is 0.336 e. The number of carboxylic acids is 1. The van der Waals surface area contributed by atoms with E-state index in [2.05, 4.69) is 0 Å². The van der Waals surface area contributed by atoms with Crippen LogP contribution in [0, 0.1) is 0 Å². The van der Waals surface area contributed by atoms with Gasteiger partial charge in [0.2, 0.25) is 0 Å². The number of halogens is 1. The van der Waals surface area contributed by atoms with Gasteiger partial charge in [-0.3, -0.25) is 4.79 Å². The van der Waals surface area contributed by atoms with Gasteiger partial charge in [-0.2, -0.15) is 0 Å². The predicted molar refractivity (Wildman–Crippen MR) is 54.3 cm³/mol. The Balaban J connectivity index is 3.28. The van der Waals surface area contributed by atoms with Crippen LogP contribution in [-0.2, 0) is 4.79 Å². The predicted octanol–water partition coefficient (Wildman–Crippen LogP) is 1.96. The van der Waals surface area contributed by atoms with Gasteiger partial charge in [0, 0.05) is 0 Å². The zero-order valence-electron chi connectivity index (χ0n) is 7.90. The molecule has 0 radical (unpaired) electrons. The van der Waals surface area contributed by atoms with Gasteiger partial charge in [0.25, 0.3) is 0 Å². The van der Waals surface area contributed by atoms with Crippen LogP contribution in [0.3, 0.4) is 0 Å². The molecule has 0 aliphatic heterocycles. The molecule has 1 aromatic rings. The summed E-state index contributed by atoms with van der Waals surface area (Å²) in [6, 6.07) is 3.69. The van der Waals surface area contributed by atoms with Gasteiger partial charge >= 0.3 is 5.97 Å². The summed E-state index contributed by atoms with van der Waals surface area (Å²) in [5, 5.41) is 17.0. The first-order valence-electron chi connectivity index (χ1n) is 4.14. The molecule has 0 spiro atoms.